The summed E-state index contributed by atoms with van der Waals surface area (Å²) in [6, 6.07) is 3.77. The lowest BCUT2D eigenvalue weighted by atomic mass is 9.78. The smallest absolute Gasteiger partial charge is 0.430 e. The molecule has 0 saturated carbocycles. The third-order valence-electron chi connectivity index (χ3n) is 3.63. The van der Waals surface area contributed by atoms with Crippen molar-refractivity contribution in [1.29, 1.82) is 0 Å². The van der Waals surface area contributed by atoms with Gasteiger partial charge < -0.3 is 25.5 Å². The summed E-state index contributed by atoms with van der Waals surface area (Å²) in [7, 11) is 0. The largest absolute Gasteiger partial charge is 0.542 e. The van der Waals surface area contributed by atoms with Crippen molar-refractivity contribution in [3.63, 3.8) is 0 Å². The highest BCUT2D eigenvalue weighted by Gasteiger charge is 2.31. The number of rotatable bonds is 6. The summed E-state index contributed by atoms with van der Waals surface area (Å²) in [6.07, 6.45) is -5.11. The first kappa shape index (κ1) is 25.4. The van der Waals surface area contributed by atoms with Crippen LogP contribution in [0.15, 0.2) is 12.1 Å². The number of benzene rings is 1. The lowest BCUT2D eigenvalue weighted by Crippen LogP contribution is -2.37. The first-order chi connectivity index (χ1) is 12.6. The number of carbonyl (C=O) groups is 3. The van der Waals surface area contributed by atoms with E-state index in [2.05, 4.69) is 0 Å². The predicted molar refractivity (Wildman–Crippen MR) is 91.6 cm³/mol. The van der Waals surface area contributed by atoms with Gasteiger partial charge >= 0.3 is 18.1 Å². The number of nitrogens with two attached hydrogens (primary N) is 1. The number of alkyl halides is 3. The minimum absolute atomic E-state index is 0.0429. The molecule has 0 atom stereocenters. The van der Waals surface area contributed by atoms with Crippen molar-refractivity contribution in [2.45, 2.75) is 52.1 Å². The van der Waals surface area contributed by atoms with E-state index in [9.17, 15) is 22.8 Å². The summed E-state index contributed by atoms with van der Waals surface area (Å²) in [4.78, 5) is 31.6. The fourth-order valence-electron chi connectivity index (χ4n) is 2.51. The van der Waals surface area contributed by atoms with Crippen LogP contribution in [0, 0.1) is 13.8 Å². The Balaban J connectivity index is 0.000000887. The maximum atomic E-state index is 11.8. The zero-order valence-electron chi connectivity index (χ0n) is 16.0. The fourth-order valence-corrected chi connectivity index (χ4v) is 2.51. The second kappa shape index (κ2) is 10.1. The monoisotopic (exact) mass is 406 g/mol. The Hall–Kier alpha value is -2.62. The quantitative estimate of drug-likeness (QED) is 0.542. The van der Waals surface area contributed by atoms with Gasteiger partial charge in [-0.25, -0.2) is 0 Å². The zero-order valence-corrected chi connectivity index (χ0v) is 16.0. The Kier molecular flexibility index (Phi) is 9.13. The number of aliphatic carboxylic acids is 2. The van der Waals surface area contributed by atoms with Gasteiger partial charge in [-0.3, -0.25) is 9.59 Å². The molecule has 0 bridgehead atoms. The summed E-state index contributed by atoms with van der Waals surface area (Å²) < 4.78 is 37.0. The minimum atomic E-state index is -5.19. The van der Waals surface area contributed by atoms with Crippen molar-refractivity contribution < 1.29 is 42.5 Å². The van der Waals surface area contributed by atoms with Gasteiger partial charge in [-0.15, -0.1) is 0 Å². The van der Waals surface area contributed by atoms with Gasteiger partial charge in [0.25, 0.3) is 0 Å². The molecule has 0 spiro atoms. The fraction of sp³-hybridized carbons (Fsp3) is 0.500. The molecule has 1 rings (SSSR count). The van der Waals surface area contributed by atoms with Gasteiger partial charge in [0.2, 0.25) is 0 Å². The van der Waals surface area contributed by atoms with Crippen LogP contribution in [-0.4, -0.2) is 35.7 Å². The van der Waals surface area contributed by atoms with E-state index in [1.54, 1.807) is 0 Å². The molecule has 1 aromatic carbocycles. The molecule has 0 unspecified atom stereocenters. The molecule has 0 aromatic heterocycles. The van der Waals surface area contributed by atoms with Crippen molar-refractivity contribution in [1.82, 2.24) is 0 Å². The molecule has 0 radical (unpaired) electrons. The van der Waals surface area contributed by atoms with E-state index in [0.29, 0.717) is 5.75 Å². The van der Waals surface area contributed by atoms with E-state index in [1.807, 2.05) is 39.8 Å². The summed E-state index contributed by atoms with van der Waals surface area (Å²) in [5, 5.41) is 17.9. The van der Waals surface area contributed by atoms with E-state index in [-0.39, 0.29) is 19.4 Å². The van der Waals surface area contributed by atoms with Crippen molar-refractivity contribution in [2.75, 3.05) is 6.54 Å². The van der Waals surface area contributed by atoms with Crippen LogP contribution in [0.1, 0.15) is 43.4 Å². The highest BCUT2D eigenvalue weighted by molar-refractivity contribution is 5.75. The van der Waals surface area contributed by atoms with Gasteiger partial charge in [0.15, 0.2) is 0 Å². The topological polar surface area (TPSA) is 130 Å². The average molecular weight is 406 g/mol. The molecule has 1 aromatic rings. The molecule has 3 N–H and O–H groups in total. The third kappa shape index (κ3) is 7.95. The molecule has 7 nitrogen and oxygen atoms in total. The number of carbonyl (C=O) groups excluding carboxylic acids is 2. The van der Waals surface area contributed by atoms with Gasteiger partial charge in [-0.2, -0.15) is 13.2 Å². The Morgan fingerprint density at radius 3 is 2.00 bits per heavy atom. The summed E-state index contributed by atoms with van der Waals surface area (Å²) in [6.45, 7) is 7.62. The highest BCUT2D eigenvalue weighted by atomic mass is 19.4. The average Bonchev–Trinajstić information content (AvgIpc) is 2.49. The van der Waals surface area contributed by atoms with Gasteiger partial charge in [-0.1, -0.05) is 26.0 Å². The highest BCUT2D eigenvalue weighted by Crippen LogP contribution is 2.39. The number of carboxylic acid groups (broad SMARTS) is 2. The second-order valence-electron chi connectivity index (χ2n) is 6.66. The van der Waals surface area contributed by atoms with Gasteiger partial charge in [-0.05, 0) is 25.0 Å². The molecule has 10 heteroatoms. The normalized spacial score (nSPS) is 11.3. The van der Waals surface area contributed by atoms with Crippen LogP contribution >= 0.6 is 0 Å². The maximum Gasteiger partial charge on any atom is 0.430 e. The first-order valence-electron chi connectivity index (χ1n) is 8.14. The lowest BCUT2D eigenvalue weighted by molar-refractivity contribution is -0.344. The van der Waals surface area contributed by atoms with E-state index in [1.165, 1.54) is 0 Å². The Labute approximate surface area is 160 Å². The van der Waals surface area contributed by atoms with Crippen LogP contribution in [0.2, 0.25) is 0 Å². The van der Waals surface area contributed by atoms with Crippen molar-refractivity contribution in [3.05, 3.63) is 28.8 Å². The van der Waals surface area contributed by atoms with Gasteiger partial charge in [0, 0.05) is 17.5 Å². The summed E-state index contributed by atoms with van der Waals surface area (Å²) in [5.41, 5.74) is 7.19. The van der Waals surface area contributed by atoms with Crippen LogP contribution in [0.3, 0.4) is 0 Å². The summed E-state index contributed by atoms with van der Waals surface area (Å²) in [5.74, 6) is -3.84. The molecule has 0 heterocycles. The molecule has 0 aliphatic rings. The predicted octanol–water partition coefficient (Wildman–Crippen LogP) is 1.61. The summed E-state index contributed by atoms with van der Waals surface area (Å²) >= 11 is 0. The maximum absolute atomic E-state index is 11.8. The zero-order chi connectivity index (χ0) is 22.3. The Bertz CT molecular complexity index is 729. The number of carboxylic acids is 2. The van der Waals surface area contributed by atoms with Crippen molar-refractivity contribution in [2.24, 2.45) is 5.73 Å². The second-order valence-corrected chi connectivity index (χ2v) is 6.66. The standard InChI is InChI=1S/C16H23NO4.C2HF3O2/c1-10-5-6-11(2)15(21-13(20)7-8-17)14(10)16(3,4)9-12(18)19;3-2(4,5)1(6)7/h5-6H,7-9,17H2,1-4H3,(H,18,19);(H,6,7)/p-1. The molecule has 158 valence electrons. The Morgan fingerprint density at radius 1 is 1.14 bits per heavy atom. The van der Waals surface area contributed by atoms with Gasteiger partial charge in [0.1, 0.15) is 11.7 Å². The van der Waals surface area contributed by atoms with E-state index < -0.39 is 29.5 Å². The first-order valence-corrected chi connectivity index (χ1v) is 8.14. The van der Waals surface area contributed by atoms with Crippen LogP contribution in [0.25, 0.3) is 0 Å². The minimum Gasteiger partial charge on any atom is -0.542 e. The molecule has 0 aliphatic carbocycles. The van der Waals surface area contributed by atoms with Crippen LogP contribution in [-0.2, 0) is 19.8 Å². The molecular formula is C18H23F3NO6-. The van der Waals surface area contributed by atoms with E-state index >= 15 is 0 Å². The number of ether oxygens (including phenoxy) is 1. The van der Waals surface area contributed by atoms with Crippen LogP contribution < -0.4 is 15.6 Å². The van der Waals surface area contributed by atoms with Crippen LogP contribution in [0.5, 0.6) is 5.75 Å². The number of esters is 1. The molecule has 0 fully saturated rings. The lowest BCUT2D eigenvalue weighted by Gasteiger charge is -2.28. The molecule has 0 amide bonds. The molecular weight excluding hydrogens is 383 g/mol. The van der Waals surface area contributed by atoms with Crippen LogP contribution in [0.4, 0.5) is 13.2 Å². The van der Waals surface area contributed by atoms with Gasteiger partial charge in [0.05, 0.1) is 12.8 Å². The Morgan fingerprint density at radius 2 is 1.61 bits per heavy atom. The van der Waals surface area contributed by atoms with E-state index in [4.69, 9.17) is 25.5 Å². The molecule has 28 heavy (non-hydrogen) atoms. The van der Waals surface area contributed by atoms with Crippen molar-refractivity contribution in [3.8, 4) is 5.75 Å². The molecule has 0 saturated heterocycles. The number of aryl methyl sites for hydroxylation is 2. The van der Waals surface area contributed by atoms with E-state index in [0.717, 1.165) is 16.7 Å². The van der Waals surface area contributed by atoms with Crippen molar-refractivity contribution >= 4 is 17.9 Å². The SMILES string of the molecule is Cc1ccc(C)c(C(C)(C)CC(=O)O)c1OC(=O)CCN.O=C([O-])C(F)(F)F. The number of hydrogen-bond acceptors (Lipinski definition) is 6. The third-order valence-corrected chi connectivity index (χ3v) is 3.63. The number of halogens is 3. The molecule has 0 aliphatic heterocycles. The number of hydrogen-bond donors (Lipinski definition) is 2.